The third-order valence-electron chi connectivity index (χ3n) is 22.8. The van der Waals surface area contributed by atoms with Crippen LogP contribution in [0.2, 0.25) is 0 Å². The molecule has 0 saturated heterocycles. The van der Waals surface area contributed by atoms with Gasteiger partial charge < -0.3 is 4.74 Å². The zero-order valence-electron chi connectivity index (χ0n) is 68.8. The van der Waals surface area contributed by atoms with Crippen molar-refractivity contribution in [2.24, 2.45) is 4.99 Å². The van der Waals surface area contributed by atoms with Crippen molar-refractivity contribution in [3.05, 3.63) is 300 Å². The smallest absolute Gasteiger partial charge is 0.416 e. The van der Waals surface area contributed by atoms with Crippen molar-refractivity contribution in [2.75, 3.05) is 6.61 Å². The van der Waals surface area contributed by atoms with Crippen LogP contribution < -0.4 is 37.8 Å². The molecule has 2 unspecified atom stereocenters. The van der Waals surface area contributed by atoms with E-state index in [1.54, 1.807) is 5.56 Å². The summed E-state index contributed by atoms with van der Waals surface area (Å²) >= 11 is 0. The molecular formula is C94H88BF24IrNOP-. The molecule has 1 spiro atoms. The maximum atomic E-state index is 14.2. The molecule has 1 heterocycles. The van der Waals surface area contributed by atoms with E-state index < -0.39 is 203 Å². The first-order valence-electron chi connectivity index (χ1n) is 39.3. The Balaban J connectivity index is 0.000000234. The quantitative estimate of drug-likeness (QED) is 0.0611. The average molecular weight is 1940 g/mol. The summed E-state index contributed by atoms with van der Waals surface area (Å²) in [6, 6.07) is 31.4. The second kappa shape index (κ2) is 34.6. The van der Waals surface area contributed by atoms with E-state index in [2.05, 4.69) is 211 Å². The molecule has 13 rings (SSSR count). The predicted octanol–water partition coefficient (Wildman–Crippen LogP) is 26.2. The van der Waals surface area contributed by atoms with E-state index in [9.17, 15) is 105 Å². The molecule has 0 N–H and O–H groups in total. The minimum Gasteiger partial charge on any atom is -0.475 e. The van der Waals surface area contributed by atoms with Gasteiger partial charge in [0.1, 0.15) is 18.8 Å². The Morgan fingerprint density at radius 2 is 0.602 bits per heavy atom. The van der Waals surface area contributed by atoms with Crippen LogP contribution in [-0.4, -0.2) is 18.7 Å². The van der Waals surface area contributed by atoms with E-state index in [-0.39, 0.29) is 53.2 Å². The Morgan fingerprint density at radius 3 is 0.886 bits per heavy atom. The molecule has 1 aliphatic heterocycles. The Morgan fingerprint density at radius 1 is 0.325 bits per heavy atom. The topological polar surface area (TPSA) is 21.6 Å². The van der Waals surface area contributed by atoms with Gasteiger partial charge in [0, 0.05) is 31.1 Å². The third kappa shape index (κ3) is 21.4. The first kappa shape index (κ1) is 96.6. The number of ether oxygens (including phenoxy) is 1. The summed E-state index contributed by atoms with van der Waals surface area (Å²) in [6.07, 6.45) is -36.4. The molecule has 0 bridgehead atoms. The summed E-state index contributed by atoms with van der Waals surface area (Å²) in [5, 5.41) is 4.45. The Bertz CT molecular complexity index is 4830. The van der Waals surface area contributed by atoms with E-state index in [1.165, 1.54) is 91.7 Å². The molecule has 9 aromatic carbocycles. The molecule has 4 aliphatic rings. The Hall–Kier alpha value is -8.61. The van der Waals surface area contributed by atoms with Crippen LogP contribution in [0.3, 0.4) is 0 Å². The van der Waals surface area contributed by atoms with Gasteiger partial charge in [-0.3, -0.25) is 0 Å². The van der Waals surface area contributed by atoms with E-state index >= 15 is 0 Å². The second-order valence-electron chi connectivity index (χ2n) is 35.6. The second-order valence-corrected chi connectivity index (χ2v) is 37.8. The van der Waals surface area contributed by atoms with E-state index in [0.717, 1.165) is 31.6 Å². The van der Waals surface area contributed by atoms with Crippen molar-refractivity contribution in [2.45, 2.75) is 217 Å². The van der Waals surface area contributed by atoms with Crippen LogP contribution in [0, 0.1) is 0 Å². The molecule has 2 nitrogen and oxygen atoms in total. The van der Waals surface area contributed by atoms with Crippen molar-refractivity contribution < 1.29 is 130 Å². The average Bonchev–Trinajstić information content (AvgIpc) is 1.68. The fourth-order valence-electron chi connectivity index (χ4n) is 16.5. The molecule has 0 amide bonds. The normalized spacial score (nSPS) is 17.5. The largest absolute Gasteiger partial charge is 0.475 e. The molecule has 0 aromatic heterocycles. The SMILES string of the molecule is C1=C\CC/C=C\CC/1.CC(C)(C)c1cc(P(c2cc(C(C)(C)C)cc(C(C)(C)C)c2)c2cccc3c2C2(CCc4cccc(C5=NC(c6ccccc6)CO5)c42)CC3)cc(C(C)(C)C)c1.FC(F)(F)c1cc([B-](c2cc(C(F)(F)F)cc(C(F)(F)F)c2)(c2cc(C(F)(F)F)cc(C(F)(F)F)c2)c2cc(C(F)(F)F)cc(C(F)(F)F)c2)cc(C(F)(F)F)c1.[Ir]. The van der Waals surface area contributed by atoms with Crippen molar-refractivity contribution in [1.82, 2.24) is 0 Å². The van der Waals surface area contributed by atoms with Gasteiger partial charge in [-0.05, 0) is 177 Å². The standard InChI is InChI=1S/C54H64NOP.C32H12BF24.C8H12.Ir/c1-50(2,3)38-28-39(51(4,5)6)31-42(30-38)57(43-32-40(52(7,8)9)29-41(33-43)53(10,11)12)46-23-17-21-37-25-27-54(48(37)46)26-24-36-20-16-22-44(47(36)54)49-55-45(34-56-49)35-18-14-13-15-19-35;34-25(35,36)13-1-14(26(37,38)39)6-21(5-13)33(22-7-15(27(40,41)42)2-16(8-22)28(43,44)45,23-9-17(29(46,47)48)3-18(10-23)30(49,50)51)24-11-19(31(52,53)54)4-20(12-24)32(55,56)57;1-2-4-6-8-7-5-3-1;/h13-23,28-33,45H,24-27,34H2,1-12H3;1-12H;1-2,7-8H,3-6H2;/q;-1;;/b;;2-1-,8-7-;. The van der Waals surface area contributed by atoms with Crippen molar-refractivity contribution in [1.29, 1.82) is 0 Å². The molecule has 0 saturated carbocycles. The van der Waals surface area contributed by atoms with Crippen LogP contribution >= 0.6 is 7.92 Å². The molecule has 2 atom stereocenters. The van der Waals surface area contributed by atoms with Gasteiger partial charge in [-0.15, -0.1) is 0 Å². The number of hydrogen-bond acceptors (Lipinski definition) is 2. The van der Waals surface area contributed by atoms with Crippen LogP contribution in [0.1, 0.15) is 228 Å². The zero-order chi connectivity index (χ0) is 90.3. The van der Waals surface area contributed by atoms with Gasteiger partial charge in [-0.25, -0.2) is 4.99 Å². The van der Waals surface area contributed by atoms with Crippen molar-refractivity contribution >= 4 is 57.7 Å². The first-order chi connectivity index (χ1) is 56.0. The van der Waals surface area contributed by atoms with Crippen molar-refractivity contribution in [3.8, 4) is 0 Å². The summed E-state index contributed by atoms with van der Waals surface area (Å²) in [5.41, 5.74) is -16.1. The van der Waals surface area contributed by atoms with Crippen LogP contribution in [0.5, 0.6) is 0 Å². The number of alkyl halides is 24. The number of rotatable bonds is 9. The van der Waals surface area contributed by atoms with Crippen LogP contribution in [0.25, 0.3) is 0 Å². The van der Waals surface area contributed by atoms with Gasteiger partial charge in [0.15, 0.2) is 0 Å². The van der Waals surface area contributed by atoms with Gasteiger partial charge >= 0.3 is 49.4 Å². The third-order valence-corrected chi connectivity index (χ3v) is 25.2. The molecular weight excluding hydrogens is 1850 g/mol. The summed E-state index contributed by atoms with van der Waals surface area (Å²) in [5.74, 6) is 0.815. The fourth-order valence-corrected chi connectivity index (χ4v) is 19.2. The number of hydrogen-bond donors (Lipinski definition) is 0. The summed E-state index contributed by atoms with van der Waals surface area (Å²) < 4.78 is 347. The maximum absolute atomic E-state index is 14.2. The number of nitrogens with zero attached hydrogens (tertiary/aromatic N) is 1. The van der Waals surface area contributed by atoms with Crippen LogP contribution in [-0.2, 0) is 114 Å². The van der Waals surface area contributed by atoms with Crippen molar-refractivity contribution in [3.63, 3.8) is 0 Å². The number of benzene rings is 9. The number of allylic oxidation sites excluding steroid dienone is 4. The molecule has 3 aliphatic carbocycles. The van der Waals surface area contributed by atoms with Crippen LogP contribution in [0.15, 0.2) is 205 Å². The summed E-state index contributed by atoms with van der Waals surface area (Å²) in [6.45, 7) is 29.1. The molecule has 29 heteroatoms. The van der Waals surface area contributed by atoms with Gasteiger partial charge in [-0.1, -0.05) is 253 Å². The van der Waals surface area contributed by atoms with Gasteiger partial charge in [0.25, 0.3) is 0 Å². The number of aliphatic imine (C=N–C) groups is 1. The van der Waals surface area contributed by atoms with E-state index in [0.29, 0.717) is 6.61 Å². The fraction of sp³-hybridized carbons (Fsp3) is 0.372. The van der Waals surface area contributed by atoms with E-state index in [4.69, 9.17) is 9.73 Å². The molecule has 9 aromatic rings. The monoisotopic (exact) mass is 1940 g/mol. The number of halogens is 24. The Labute approximate surface area is 713 Å². The zero-order valence-corrected chi connectivity index (χ0v) is 72.1. The maximum Gasteiger partial charge on any atom is 0.416 e. The Kier molecular flexibility index (Phi) is 27.2. The number of aryl methyl sites for hydroxylation is 2. The minimum atomic E-state index is -6.13. The molecule has 1 radical (unpaired) electrons. The molecule has 661 valence electrons. The predicted molar refractivity (Wildman–Crippen MR) is 432 cm³/mol. The van der Waals surface area contributed by atoms with Gasteiger partial charge in [0.2, 0.25) is 5.90 Å². The molecule has 0 fully saturated rings. The first-order valence-corrected chi connectivity index (χ1v) is 40.6. The number of fused-ring (bicyclic) bond motifs is 4. The summed E-state index contributed by atoms with van der Waals surface area (Å²) in [7, 11) is -0.953. The van der Waals surface area contributed by atoms with Gasteiger partial charge in [-0.2, -0.15) is 127 Å². The van der Waals surface area contributed by atoms with Gasteiger partial charge in [0.05, 0.1) is 44.5 Å². The molecule has 123 heavy (non-hydrogen) atoms. The minimum absolute atomic E-state index is 0. The van der Waals surface area contributed by atoms with E-state index in [1.807, 2.05) is 0 Å². The van der Waals surface area contributed by atoms with Crippen LogP contribution in [0.4, 0.5) is 105 Å². The summed E-state index contributed by atoms with van der Waals surface area (Å²) in [4.78, 5) is 5.30.